The molecule has 110 valence electrons. The van der Waals surface area contributed by atoms with E-state index in [4.69, 9.17) is 5.73 Å². The molecule has 1 aliphatic carbocycles. The van der Waals surface area contributed by atoms with Crippen molar-refractivity contribution in [2.24, 2.45) is 11.7 Å². The molecule has 0 bridgehead atoms. The van der Waals surface area contributed by atoms with Crippen molar-refractivity contribution < 1.29 is 4.79 Å². The Hall–Kier alpha value is -1.43. The number of piperidine rings is 1. The minimum atomic E-state index is 0.133. The zero-order valence-corrected chi connectivity index (χ0v) is 11.8. The zero-order valence-electron chi connectivity index (χ0n) is 11.8. The van der Waals surface area contributed by atoms with Gasteiger partial charge in [-0.3, -0.25) is 4.79 Å². The Morgan fingerprint density at radius 1 is 1.25 bits per heavy atom. The maximum atomic E-state index is 12.6. The summed E-state index contributed by atoms with van der Waals surface area (Å²) in [6, 6.07) is 0.473. The molecule has 2 N–H and O–H groups in total. The summed E-state index contributed by atoms with van der Waals surface area (Å²) in [7, 11) is 0. The molecule has 3 unspecified atom stereocenters. The number of carbonyl (C=O) groups is 1. The van der Waals surface area contributed by atoms with Gasteiger partial charge in [0.2, 0.25) is 5.91 Å². The van der Waals surface area contributed by atoms with E-state index >= 15 is 0 Å². The molecular weight excluding hydrogens is 254 g/mol. The molecule has 1 saturated carbocycles. The third-order valence-electron chi connectivity index (χ3n) is 4.58. The standard InChI is InChI=1S/C14H23N5O/c15-12-4-1-3-11(7-12)14(20)18-6-2-5-13(8-18)19-10-16-9-17-19/h9-13H,1-8,15H2. The molecule has 6 heteroatoms. The van der Waals surface area contributed by atoms with Gasteiger partial charge in [0.1, 0.15) is 12.7 Å². The molecule has 20 heavy (non-hydrogen) atoms. The van der Waals surface area contributed by atoms with E-state index in [0.29, 0.717) is 5.91 Å². The van der Waals surface area contributed by atoms with Gasteiger partial charge in [-0.2, -0.15) is 5.10 Å². The topological polar surface area (TPSA) is 77.0 Å². The highest BCUT2D eigenvalue weighted by molar-refractivity contribution is 5.79. The van der Waals surface area contributed by atoms with Crippen LogP contribution in [0.1, 0.15) is 44.6 Å². The first-order valence-electron chi connectivity index (χ1n) is 7.62. The summed E-state index contributed by atoms with van der Waals surface area (Å²) in [6.07, 6.45) is 9.39. The largest absolute Gasteiger partial charge is 0.340 e. The summed E-state index contributed by atoms with van der Waals surface area (Å²) in [5.41, 5.74) is 6.00. The highest BCUT2D eigenvalue weighted by Gasteiger charge is 2.32. The van der Waals surface area contributed by atoms with Gasteiger partial charge in [0, 0.05) is 25.0 Å². The first-order valence-corrected chi connectivity index (χ1v) is 7.62. The fourth-order valence-corrected chi connectivity index (χ4v) is 3.49. The average Bonchev–Trinajstić information content (AvgIpc) is 3.01. The van der Waals surface area contributed by atoms with E-state index in [1.165, 1.54) is 0 Å². The van der Waals surface area contributed by atoms with Crippen molar-refractivity contribution >= 4 is 5.91 Å². The SMILES string of the molecule is NC1CCCC(C(=O)N2CCCC(n3cncn3)C2)C1. The number of nitrogens with two attached hydrogens (primary N) is 1. The molecule has 2 heterocycles. The molecule has 0 spiro atoms. The summed E-state index contributed by atoms with van der Waals surface area (Å²) >= 11 is 0. The quantitative estimate of drug-likeness (QED) is 0.873. The Kier molecular flexibility index (Phi) is 4.00. The fourth-order valence-electron chi connectivity index (χ4n) is 3.49. The second kappa shape index (κ2) is 5.91. The molecule has 1 amide bonds. The van der Waals surface area contributed by atoms with Gasteiger partial charge in [0.05, 0.1) is 6.04 Å². The lowest BCUT2D eigenvalue weighted by Gasteiger charge is -2.36. The van der Waals surface area contributed by atoms with Crippen molar-refractivity contribution in [1.29, 1.82) is 0 Å². The maximum absolute atomic E-state index is 12.6. The van der Waals surface area contributed by atoms with Gasteiger partial charge >= 0.3 is 0 Å². The van der Waals surface area contributed by atoms with E-state index in [0.717, 1.165) is 51.6 Å². The van der Waals surface area contributed by atoms with Gasteiger partial charge in [-0.15, -0.1) is 0 Å². The molecule has 1 saturated heterocycles. The second-order valence-corrected chi connectivity index (χ2v) is 6.08. The smallest absolute Gasteiger partial charge is 0.225 e. The molecule has 2 fully saturated rings. The van der Waals surface area contributed by atoms with Gasteiger partial charge in [0.15, 0.2) is 0 Å². The first kappa shape index (κ1) is 13.5. The molecule has 1 aromatic rings. The number of amides is 1. The Balaban J connectivity index is 1.63. The van der Waals surface area contributed by atoms with Crippen LogP contribution in [-0.4, -0.2) is 44.7 Å². The number of likely N-dealkylation sites (tertiary alicyclic amines) is 1. The van der Waals surface area contributed by atoms with E-state index in [2.05, 4.69) is 10.1 Å². The Morgan fingerprint density at radius 3 is 2.90 bits per heavy atom. The summed E-state index contributed by atoms with van der Waals surface area (Å²) < 4.78 is 1.88. The molecule has 1 aromatic heterocycles. The summed E-state index contributed by atoms with van der Waals surface area (Å²) in [6.45, 7) is 1.63. The fraction of sp³-hybridized carbons (Fsp3) is 0.786. The van der Waals surface area contributed by atoms with Gasteiger partial charge in [-0.25, -0.2) is 9.67 Å². The van der Waals surface area contributed by atoms with Gasteiger partial charge in [0.25, 0.3) is 0 Å². The van der Waals surface area contributed by atoms with Crippen LogP contribution in [0.5, 0.6) is 0 Å². The van der Waals surface area contributed by atoms with E-state index in [1.54, 1.807) is 12.7 Å². The molecule has 0 radical (unpaired) electrons. The molecule has 3 atom stereocenters. The lowest BCUT2D eigenvalue weighted by Crippen LogP contribution is -2.45. The Morgan fingerprint density at radius 2 is 2.15 bits per heavy atom. The van der Waals surface area contributed by atoms with Crippen LogP contribution >= 0.6 is 0 Å². The summed E-state index contributed by atoms with van der Waals surface area (Å²) in [4.78, 5) is 18.7. The lowest BCUT2D eigenvalue weighted by molar-refractivity contribution is -0.138. The highest BCUT2D eigenvalue weighted by Crippen LogP contribution is 2.28. The third-order valence-corrected chi connectivity index (χ3v) is 4.58. The van der Waals surface area contributed by atoms with E-state index in [-0.39, 0.29) is 18.0 Å². The van der Waals surface area contributed by atoms with E-state index in [9.17, 15) is 4.79 Å². The van der Waals surface area contributed by atoms with Crippen LogP contribution in [0.15, 0.2) is 12.7 Å². The molecule has 6 nitrogen and oxygen atoms in total. The number of nitrogens with zero attached hydrogens (tertiary/aromatic N) is 4. The van der Waals surface area contributed by atoms with Crippen molar-refractivity contribution in [2.45, 2.75) is 50.6 Å². The zero-order chi connectivity index (χ0) is 13.9. The van der Waals surface area contributed by atoms with Crippen LogP contribution in [0.3, 0.4) is 0 Å². The molecule has 2 aliphatic rings. The van der Waals surface area contributed by atoms with E-state index < -0.39 is 0 Å². The van der Waals surface area contributed by atoms with Crippen molar-refractivity contribution in [2.75, 3.05) is 13.1 Å². The number of hydrogen-bond acceptors (Lipinski definition) is 4. The average molecular weight is 277 g/mol. The minimum absolute atomic E-state index is 0.133. The molecular formula is C14H23N5O. The number of rotatable bonds is 2. The maximum Gasteiger partial charge on any atom is 0.225 e. The van der Waals surface area contributed by atoms with Crippen molar-refractivity contribution in [3.8, 4) is 0 Å². The van der Waals surface area contributed by atoms with Crippen LogP contribution in [0.2, 0.25) is 0 Å². The second-order valence-electron chi connectivity index (χ2n) is 6.08. The van der Waals surface area contributed by atoms with Crippen LogP contribution in [-0.2, 0) is 4.79 Å². The molecule has 0 aromatic carbocycles. The highest BCUT2D eigenvalue weighted by atomic mass is 16.2. The lowest BCUT2D eigenvalue weighted by atomic mass is 9.85. The predicted octanol–water partition coefficient (Wildman–Crippen LogP) is 0.959. The summed E-state index contributed by atoms with van der Waals surface area (Å²) in [5, 5.41) is 4.21. The van der Waals surface area contributed by atoms with Crippen LogP contribution in [0.4, 0.5) is 0 Å². The Labute approximate surface area is 119 Å². The third kappa shape index (κ3) is 2.85. The van der Waals surface area contributed by atoms with Crippen LogP contribution in [0.25, 0.3) is 0 Å². The van der Waals surface area contributed by atoms with Gasteiger partial charge < -0.3 is 10.6 Å². The number of aromatic nitrogens is 3. The van der Waals surface area contributed by atoms with Gasteiger partial charge in [-0.1, -0.05) is 6.42 Å². The van der Waals surface area contributed by atoms with Crippen molar-refractivity contribution in [3.63, 3.8) is 0 Å². The first-order chi connectivity index (χ1) is 9.74. The predicted molar refractivity (Wildman–Crippen MR) is 74.8 cm³/mol. The van der Waals surface area contributed by atoms with Crippen molar-refractivity contribution in [1.82, 2.24) is 19.7 Å². The normalized spacial score (nSPS) is 31.2. The monoisotopic (exact) mass is 277 g/mol. The number of hydrogen-bond donors (Lipinski definition) is 1. The van der Waals surface area contributed by atoms with E-state index in [1.807, 2.05) is 9.58 Å². The van der Waals surface area contributed by atoms with Crippen molar-refractivity contribution in [3.05, 3.63) is 12.7 Å². The minimum Gasteiger partial charge on any atom is -0.340 e. The van der Waals surface area contributed by atoms with Crippen LogP contribution < -0.4 is 5.73 Å². The molecule has 3 rings (SSSR count). The Bertz CT molecular complexity index is 446. The van der Waals surface area contributed by atoms with Gasteiger partial charge in [-0.05, 0) is 32.1 Å². The molecule has 1 aliphatic heterocycles. The summed E-state index contributed by atoms with van der Waals surface area (Å²) in [5.74, 6) is 0.429. The number of carbonyl (C=O) groups excluding carboxylic acids is 1. The van der Waals surface area contributed by atoms with Crippen LogP contribution in [0, 0.1) is 5.92 Å².